The molecule has 2 atom stereocenters. The van der Waals surface area contributed by atoms with Crippen LogP contribution in [0.5, 0.6) is 5.75 Å². The van der Waals surface area contributed by atoms with Crippen LogP contribution in [0.4, 0.5) is 15.5 Å². The van der Waals surface area contributed by atoms with Gasteiger partial charge in [-0.1, -0.05) is 0 Å². The van der Waals surface area contributed by atoms with Crippen molar-refractivity contribution >= 4 is 28.3 Å². The molecule has 1 aromatic carbocycles. The molecule has 170 valence electrons. The highest BCUT2D eigenvalue weighted by Gasteiger charge is 2.43. The molecule has 1 saturated heterocycles. The van der Waals surface area contributed by atoms with E-state index in [9.17, 15) is 4.39 Å². The van der Waals surface area contributed by atoms with E-state index in [4.69, 9.17) is 9.72 Å². The number of aromatic nitrogens is 5. The van der Waals surface area contributed by atoms with Gasteiger partial charge in [0.15, 0.2) is 5.65 Å². The molecule has 8 nitrogen and oxygen atoms in total. The second-order valence-corrected chi connectivity index (χ2v) is 9.50. The maximum Gasteiger partial charge on any atom is 0.243 e. The van der Waals surface area contributed by atoms with E-state index in [0.717, 1.165) is 35.2 Å². The van der Waals surface area contributed by atoms with Crippen LogP contribution in [0.25, 0.3) is 16.8 Å². The third-order valence-corrected chi connectivity index (χ3v) is 7.60. The summed E-state index contributed by atoms with van der Waals surface area (Å²) in [5, 5.41) is 9.34. The van der Waals surface area contributed by atoms with Gasteiger partial charge in [0.25, 0.3) is 0 Å². The van der Waals surface area contributed by atoms with E-state index in [1.54, 1.807) is 17.7 Å². The molecule has 1 aliphatic heterocycles. The summed E-state index contributed by atoms with van der Waals surface area (Å²) in [5.74, 6) is 2.61. The summed E-state index contributed by atoms with van der Waals surface area (Å²) in [6.07, 6.45) is 4.24. The van der Waals surface area contributed by atoms with Gasteiger partial charge in [0.05, 0.1) is 7.11 Å². The van der Waals surface area contributed by atoms with Crippen molar-refractivity contribution in [2.75, 3.05) is 30.4 Å². The fourth-order valence-electron chi connectivity index (χ4n) is 5.24. The monoisotopic (exact) mass is 465 g/mol. The van der Waals surface area contributed by atoms with Gasteiger partial charge in [-0.2, -0.15) is 9.36 Å². The molecule has 2 unspecified atom stereocenters. The van der Waals surface area contributed by atoms with Gasteiger partial charge < -0.3 is 15.0 Å². The highest BCUT2D eigenvalue weighted by Crippen LogP contribution is 2.40. The normalized spacial score (nSPS) is 22.2. The number of aryl methyl sites for hydroxylation is 1. The molecule has 0 spiro atoms. The Bertz CT molecular complexity index is 1310. The average Bonchev–Trinajstić information content (AvgIpc) is 3.49. The second-order valence-electron chi connectivity index (χ2n) is 8.77. The molecule has 2 fully saturated rings. The van der Waals surface area contributed by atoms with E-state index in [2.05, 4.69) is 24.7 Å². The van der Waals surface area contributed by atoms with Gasteiger partial charge in [-0.3, -0.25) is 0 Å². The molecule has 1 saturated carbocycles. The lowest BCUT2D eigenvalue weighted by atomic mass is 9.92. The quantitative estimate of drug-likeness (QED) is 0.477. The summed E-state index contributed by atoms with van der Waals surface area (Å²) in [4.78, 5) is 11.8. The molecule has 33 heavy (non-hydrogen) atoms. The standard InChI is InChI=1S/C23H24FN7OS/c1-13-25-23(33-29-13)30-11-14-5-6-15(12-30)20(14)26-22-27-21-18(4-3-9-31(21)28-22)17-8-7-16(24)10-19(17)32-2/h3-4,7-10,14-15,20H,5-6,11-12H2,1-2H3,(H,26,28). The summed E-state index contributed by atoms with van der Waals surface area (Å²) >= 11 is 1.48. The minimum absolute atomic E-state index is 0.330. The van der Waals surface area contributed by atoms with Gasteiger partial charge in [-0.05, 0) is 55.9 Å². The third-order valence-electron chi connectivity index (χ3n) is 6.73. The SMILES string of the molecule is COc1cc(F)ccc1-c1cccn2nc(NC3C4CCC3CN(c3nc(C)ns3)C4)nc12. The predicted molar refractivity (Wildman–Crippen MR) is 125 cm³/mol. The fraction of sp³-hybridized carbons (Fsp3) is 0.391. The number of fused-ring (bicyclic) bond motifs is 3. The van der Waals surface area contributed by atoms with Crippen molar-refractivity contribution in [3.8, 4) is 16.9 Å². The zero-order valence-electron chi connectivity index (χ0n) is 18.4. The number of rotatable bonds is 5. The highest BCUT2D eigenvalue weighted by molar-refractivity contribution is 7.09. The first-order valence-corrected chi connectivity index (χ1v) is 11.9. The van der Waals surface area contributed by atoms with Crippen LogP contribution in [0.3, 0.4) is 0 Å². The highest BCUT2D eigenvalue weighted by atomic mass is 32.1. The number of benzene rings is 1. The number of nitrogens with one attached hydrogen (secondary N) is 1. The number of pyridine rings is 1. The topological polar surface area (TPSA) is 80.5 Å². The Kier molecular flexibility index (Phi) is 4.90. The Hall–Kier alpha value is -3.27. The third kappa shape index (κ3) is 3.58. The molecule has 2 aliphatic rings. The summed E-state index contributed by atoms with van der Waals surface area (Å²) in [7, 11) is 1.54. The second kappa shape index (κ2) is 7.95. The molecule has 3 aromatic heterocycles. The molecule has 2 bridgehead atoms. The zero-order valence-corrected chi connectivity index (χ0v) is 19.2. The largest absolute Gasteiger partial charge is 0.496 e. The zero-order chi connectivity index (χ0) is 22.5. The van der Waals surface area contributed by atoms with Crippen LogP contribution in [-0.4, -0.2) is 50.2 Å². The molecular formula is C23H24FN7OS. The van der Waals surface area contributed by atoms with Crippen molar-refractivity contribution in [3.05, 3.63) is 48.2 Å². The molecule has 0 amide bonds. The smallest absolute Gasteiger partial charge is 0.243 e. The van der Waals surface area contributed by atoms with E-state index in [1.165, 1.54) is 36.5 Å². The molecule has 4 heterocycles. The van der Waals surface area contributed by atoms with Crippen LogP contribution in [-0.2, 0) is 0 Å². The van der Waals surface area contributed by atoms with E-state index in [0.29, 0.717) is 35.2 Å². The lowest BCUT2D eigenvalue weighted by Gasteiger charge is -2.37. The van der Waals surface area contributed by atoms with Crippen molar-refractivity contribution < 1.29 is 9.13 Å². The molecule has 1 N–H and O–H groups in total. The summed E-state index contributed by atoms with van der Waals surface area (Å²) in [6, 6.07) is 8.74. The van der Waals surface area contributed by atoms with E-state index in [1.807, 2.05) is 25.3 Å². The predicted octanol–water partition coefficient (Wildman–Crippen LogP) is 4.03. The number of nitrogens with zero attached hydrogens (tertiary/aromatic N) is 6. The summed E-state index contributed by atoms with van der Waals surface area (Å²) in [6.45, 7) is 3.87. The molecule has 4 aromatic rings. The summed E-state index contributed by atoms with van der Waals surface area (Å²) in [5.41, 5.74) is 2.34. The Balaban J connectivity index is 1.27. The number of hydrogen-bond donors (Lipinski definition) is 1. The van der Waals surface area contributed by atoms with Crippen LogP contribution in [0.1, 0.15) is 18.7 Å². The lowest BCUT2D eigenvalue weighted by molar-refractivity contribution is 0.376. The van der Waals surface area contributed by atoms with Gasteiger partial charge in [0.1, 0.15) is 17.4 Å². The molecule has 1 aliphatic carbocycles. The summed E-state index contributed by atoms with van der Waals surface area (Å²) < 4.78 is 25.2. The van der Waals surface area contributed by atoms with Crippen molar-refractivity contribution in [2.24, 2.45) is 11.8 Å². The lowest BCUT2D eigenvalue weighted by Crippen LogP contribution is -2.48. The fourth-order valence-corrected chi connectivity index (χ4v) is 5.94. The number of hydrogen-bond acceptors (Lipinski definition) is 8. The minimum atomic E-state index is -0.336. The van der Waals surface area contributed by atoms with E-state index >= 15 is 0 Å². The van der Waals surface area contributed by atoms with Crippen LogP contribution >= 0.6 is 11.5 Å². The van der Waals surface area contributed by atoms with Gasteiger partial charge in [0.2, 0.25) is 11.1 Å². The van der Waals surface area contributed by atoms with Crippen LogP contribution < -0.4 is 15.0 Å². The number of piperidine rings is 1. The first kappa shape index (κ1) is 20.3. The van der Waals surface area contributed by atoms with Crippen molar-refractivity contribution in [2.45, 2.75) is 25.8 Å². The van der Waals surface area contributed by atoms with Crippen LogP contribution in [0.15, 0.2) is 36.5 Å². The average molecular weight is 466 g/mol. The first-order valence-electron chi connectivity index (χ1n) is 11.1. The number of ether oxygens (including phenoxy) is 1. The van der Waals surface area contributed by atoms with Crippen molar-refractivity contribution in [1.29, 1.82) is 0 Å². The van der Waals surface area contributed by atoms with E-state index in [-0.39, 0.29) is 5.82 Å². The molecule has 10 heteroatoms. The van der Waals surface area contributed by atoms with Crippen molar-refractivity contribution in [3.63, 3.8) is 0 Å². The van der Waals surface area contributed by atoms with Crippen molar-refractivity contribution in [1.82, 2.24) is 24.0 Å². The van der Waals surface area contributed by atoms with Crippen LogP contribution in [0.2, 0.25) is 0 Å². The Morgan fingerprint density at radius 3 is 2.67 bits per heavy atom. The maximum absolute atomic E-state index is 13.7. The molecule has 6 rings (SSSR count). The van der Waals surface area contributed by atoms with Gasteiger partial charge in [0, 0.05) is 54.1 Å². The Morgan fingerprint density at radius 1 is 1.12 bits per heavy atom. The van der Waals surface area contributed by atoms with Gasteiger partial charge >= 0.3 is 0 Å². The number of anilines is 2. The van der Waals surface area contributed by atoms with E-state index < -0.39 is 0 Å². The first-order chi connectivity index (χ1) is 16.1. The Labute approximate surface area is 194 Å². The maximum atomic E-state index is 13.7. The Morgan fingerprint density at radius 2 is 1.94 bits per heavy atom. The van der Waals surface area contributed by atoms with Gasteiger partial charge in [-0.15, -0.1) is 5.10 Å². The molecule has 0 radical (unpaired) electrons. The number of halogens is 1. The van der Waals surface area contributed by atoms with Gasteiger partial charge in [-0.25, -0.2) is 13.9 Å². The number of methoxy groups -OCH3 is 1. The van der Waals surface area contributed by atoms with Crippen LogP contribution in [0, 0.1) is 24.6 Å². The molecular weight excluding hydrogens is 441 g/mol. The minimum Gasteiger partial charge on any atom is -0.496 e.